The van der Waals surface area contributed by atoms with Crippen molar-refractivity contribution in [3.8, 4) is 6.07 Å². The summed E-state index contributed by atoms with van der Waals surface area (Å²) in [5.41, 5.74) is 5.93. The summed E-state index contributed by atoms with van der Waals surface area (Å²) in [6.07, 6.45) is 3.54. The maximum atomic E-state index is 8.69. The van der Waals surface area contributed by atoms with E-state index in [4.69, 9.17) is 11.0 Å². The molecule has 84 valence electrons. The number of nitriles is 1. The predicted molar refractivity (Wildman–Crippen MR) is 60.7 cm³/mol. The number of hydrogen-bond acceptors (Lipinski definition) is 6. The second-order valence-electron chi connectivity index (χ2n) is 3.77. The lowest BCUT2D eigenvalue weighted by molar-refractivity contribution is 0.477. The molecule has 2 heterocycles. The molecule has 0 unspecified atom stereocenters. The van der Waals surface area contributed by atoms with E-state index in [0.717, 1.165) is 25.9 Å². The Morgan fingerprint density at radius 3 is 2.88 bits per heavy atom. The maximum absolute atomic E-state index is 8.69. The molecule has 16 heavy (non-hydrogen) atoms. The summed E-state index contributed by atoms with van der Waals surface area (Å²) in [7, 11) is 0. The van der Waals surface area contributed by atoms with Crippen molar-refractivity contribution >= 4 is 11.8 Å². The first-order valence-electron chi connectivity index (χ1n) is 5.29. The molecule has 6 nitrogen and oxygen atoms in total. The van der Waals surface area contributed by atoms with Crippen molar-refractivity contribution in [1.29, 1.82) is 5.26 Å². The average Bonchev–Trinajstić information content (AvgIpc) is 2.31. The minimum atomic E-state index is 0.230. The summed E-state index contributed by atoms with van der Waals surface area (Å²) < 4.78 is 0. The monoisotopic (exact) mass is 218 g/mol. The van der Waals surface area contributed by atoms with E-state index in [2.05, 4.69) is 20.6 Å². The summed E-state index contributed by atoms with van der Waals surface area (Å²) >= 11 is 0. The van der Waals surface area contributed by atoms with Gasteiger partial charge in [0.2, 0.25) is 5.95 Å². The van der Waals surface area contributed by atoms with Crippen molar-refractivity contribution in [2.75, 3.05) is 24.1 Å². The van der Waals surface area contributed by atoms with Gasteiger partial charge in [-0.25, -0.2) is 4.98 Å². The number of rotatable bonds is 2. The quantitative estimate of drug-likeness (QED) is 0.650. The van der Waals surface area contributed by atoms with Gasteiger partial charge in [-0.1, -0.05) is 0 Å². The van der Waals surface area contributed by atoms with Gasteiger partial charge in [-0.2, -0.15) is 10.2 Å². The smallest absolute Gasteiger partial charge is 0.224 e. The van der Waals surface area contributed by atoms with E-state index in [1.54, 1.807) is 0 Å². The van der Waals surface area contributed by atoms with Gasteiger partial charge in [0.25, 0.3) is 0 Å². The van der Waals surface area contributed by atoms with E-state index in [0.29, 0.717) is 17.6 Å². The Labute approximate surface area is 93.9 Å². The molecule has 6 heteroatoms. The first-order valence-corrected chi connectivity index (χ1v) is 5.29. The van der Waals surface area contributed by atoms with E-state index in [-0.39, 0.29) is 5.82 Å². The maximum Gasteiger partial charge on any atom is 0.224 e. The lowest BCUT2D eigenvalue weighted by Gasteiger charge is -2.23. The molecule has 0 spiro atoms. The zero-order valence-electron chi connectivity index (χ0n) is 8.90. The number of nitrogens with one attached hydrogen (secondary N) is 2. The Bertz CT molecular complexity index is 404. The fourth-order valence-corrected chi connectivity index (χ4v) is 1.70. The lowest BCUT2D eigenvalue weighted by atomic mass is 10.1. The normalized spacial score (nSPS) is 16.7. The minimum Gasteiger partial charge on any atom is -0.382 e. The van der Waals surface area contributed by atoms with Crippen LogP contribution in [0, 0.1) is 11.3 Å². The van der Waals surface area contributed by atoms with Gasteiger partial charge in [-0.3, -0.25) is 0 Å². The van der Waals surface area contributed by atoms with Crippen LogP contribution >= 0.6 is 0 Å². The van der Waals surface area contributed by atoms with E-state index in [1.807, 2.05) is 6.07 Å². The SMILES string of the molecule is N#Cc1cnc(NC2CCNCC2)nc1N. The standard InChI is InChI=1S/C10H14N6/c11-5-7-6-14-10(16-9(7)12)15-8-1-3-13-4-2-8/h6,8,13H,1-4H2,(H3,12,14,15,16). The third-order valence-electron chi connectivity index (χ3n) is 2.61. The molecule has 1 aliphatic heterocycles. The van der Waals surface area contributed by atoms with Crippen LogP contribution in [0.1, 0.15) is 18.4 Å². The molecule has 4 N–H and O–H groups in total. The third kappa shape index (κ3) is 2.38. The molecular weight excluding hydrogens is 204 g/mol. The van der Waals surface area contributed by atoms with Crippen LogP contribution in [0.2, 0.25) is 0 Å². The Morgan fingerprint density at radius 1 is 1.50 bits per heavy atom. The lowest BCUT2D eigenvalue weighted by Crippen LogP contribution is -2.35. The van der Waals surface area contributed by atoms with E-state index >= 15 is 0 Å². The summed E-state index contributed by atoms with van der Waals surface area (Å²) in [5, 5.41) is 15.2. The van der Waals surface area contributed by atoms with Crippen LogP contribution in [0.15, 0.2) is 6.20 Å². The Morgan fingerprint density at radius 2 is 2.25 bits per heavy atom. The van der Waals surface area contributed by atoms with Gasteiger partial charge < -0.3 is 16.4 Å². The number of aromatic nitrogens is 2. The van der Waals surface area contributed by atoms with Crippen molar-refractivity contribution in [3.05, 3.63) is 11.8 Å². The van der Waals surface area contributed by atoms with Crippen LogP contribution in [0.3, 0.4) is 0 Å². The number of nitrogens with two attached hydrogens (primary N) is 1. The second-order valence-corrected chi connectivity index (χ2v) is 3.77. The number of hydrogen-bond donors (Lipinski definition) is 3. The molecule has 1 aromatic rings. The van der Waals surface area contributed by atoms with E-state index in [1.165, 1.54) is 6.20 Å². The number of nitrogens with zero attached hydrogens (tertiary/aromatic N) is 3. The molecule has 1 aromatic heterocycles. The molecule has 0 atom stereocenters. The molecular formula is C10H14N6. The highest BCUT2D eigenvalue weighted by molar-refractivity contribution is 5.49. The molecule has 0 radical (unpaired) electrons. The first-order chi connectivity index (χ1) is 7.79. The first kappa shape index (κ1) is 10.6. The van der Waals surface area contributed by atoms with Crippen LogP contribution in [0.4, 0.5) is 11.8 Å². The van der Waals surface area contributed by atoms with Gasteiger partial charge in [-0.05, 0) is 25.9 Å². The van der Waals surface area contributed by atoms with Crippen molar-refractivity contribution in [2.45, 2.75) is 18.9 Å². The van der Waals surface area contributed by atoms with Crippen LogP contribution < -0.4 is 16.4 Å². The number of anilines is 2. The molecule has 1 fully saturated rings. The summed E-state index contributed by atoms with van der Waals surface area (Å²) in [5.74, 6) is 0.734. The molecule has 2 rings (SSSR count). The Hall–Kier alpha value is -1.87. The third-order valence-corrected chi connectivity index (χ3v) is 2.61. The largest absolute Gasteiger partial charge is 0.382 e. The Kier molecular flexibility index (Phi) is 3.17. The number of piperidine rings is 1. The fraction of sp³-hybridized carbons (Fsp3) is 0.500. The highest BCUT2D eigenvalue weighted by Crippen LogP contribution is 2.12. The minimum absolute atomic E-state index is 0.230. The zero-order valence-corrected chi connectivity index (χ0v) is 8.90. The van der Waals surface area contributed by atoms with Gasteiger partial charge in [-0.15, -0.1) is 0 Å². The highest BCUT2D eigenvalue weighted by Gasteiger charge is 2.14. The van der Waals surface area contributed by atoms with Gasteiger partial charge in [0.15, 0.2) is 0 Å². The molecule has 0 aliphatic carbocycles. The van der Waals surface area contributed by atoms with Crippen LogP contribution in [-0.4, -0.2) is 29.1 Å². The molecule has 1 saturated heterocycles. The highest BCUT2D eigenvalue weighted by atomic mass is 15.1. The molecule has 0 amide bonds. The van der Waals surface area contributed by atoms with Gasteiger partial charge >= 0.3 is 0 Å². The molecule has 0 bridgehead atoms. The van der Waals surface area contributed by atoms with Crippen LogP contribution in [-0.2, 0) is 0 Å². The second kappa shape index (κ2) is 4.77. The zero-order chi connectivity index (χ0) is 11.4. The summed E-state index contributed by atoms with van der Waals surface area (Å²) in [6, 6.07) is 2.32. The Balaban J connectivity index is 2.04. The van der Waals surface area contributed by atoms with E-state index < -0.39 is 0 Å². The van der Waals surface area contributed by atoms with Crippen molar-refractivity contribution in [1.82, 2.24) is 15.3 Å². The van der Waals surface area contributed by atoms with Crippen molar-refractivity contribution in [2.24, 2.45) is 0 Å². The summed E-state index contributed by atoms with van der Waals surface area (Å²) in [6.45, 7) is 2.01. The summed E-state index contributed by atoms with van der Waals surface area (Å²) in [4.78, 5) is 8.11. The molecule has 0 aromatic carbocycles. The van der Waals surface area contributed by atoms with Gasteiger partial charge in [0.05, 0.1) is 6.20 Å². The average molecular weight is 218 g/mol. The van der Waals surface area contributed by atoms with Crippen LogP contribution in [0.5, 0.6) is 0 Å². The van der Waals surface area contributed by atoms with Crippen molar-refractivity contribution < 1.29 is 0 Å². The van der Waals surface area contributed by atoms with Crippen molar-refractivity contribution in [3.63, 3.8) is 0 Å². The fourth-order valence-electron chi connectivity index (χ4n) is 1.70. The molecule has 0 saturated carbocycles. The van der Waals surface area contributed by atoms with E-state index in [9.17, 15) is 0 Å². The topological polar surface area (TPSA) is 99.6 Å². The van der Waals surface area contributed by atoms with Crippen LogP contribution in [0.25, 0.3) is 0 Å². The molecule has 1 aliphatic rings. The number of nitrogen functional groups attached to an aromatic ring is 1. The van der Waals surface area contributed by atoms with Gasteiger partial charge in [0.1, 0.15) is 17.5 Å². The van der Waals surface area contributed by atoms with Gasteiger partial charge in [0, 0.05) is 6.04 Å². The predicted octanol–water partition coefficient (Wildman–Crippen LogP) is 0.0944.